The maximum absolute atomic E-state index is 7.15. The lowest BCUT2D eigenvalue weighted by Crippen LogP contribution is -2.14. The number of hydrogen-bond acceptors (Lipinski definition) is 7. The number of hydrogen-bond donors (Lipinski definition) is 4. The molecule has 1 aromatic rings. The highest BCUT2D eigenvalue weighted by Crippen LogP contribution is 2.15. The number of thioether (sulfide) groups is 1. The van der Waals surface area contributed by atoms with Gasteiger partial charge in [0.25, 0.3) is 0 Å². The Bertz CT molecular complexity index is 403. The molecule has 1 rings (SSSR count). The van der Waals surface area contributed by atoms with Gasteiger partial charge >= 0.3 is 0 Å². The van der Waals surface area contributed by atoms with Gasteiger partial charge in [-0.2, -0.15) is 0 Å². The Balaban J connectivity index is 0. The molecule has 0 aliphatic heterocycles. The summed E-state index contributed by atoms with van der Waals surface area (Å²) in [5.41, 5.74) is 9.01. The minimum atomic E-state index is 0. The lowest BCUT2D eigenvalue weighted by atomic mass is 10.1. The molecule has 0 aromatic heterocycles. The number of amidine groups is 1. The second-order valence-electron chi connectivity index (χ2n) is 4.29. The van der Waals surface area contributed by atoms with Crippen LogP contribution in [-0.4, -0.2) is 46.9 Å². The van der Waals surface area contributed by atoms with Crippen molar-refractivity contribution in [2.75, 3.05) is 26.4 Å². The summed E-state index contributed by atoms with van der Waals surface area (Å²) in [7, 11) is 4.17. The first kappa shape index (κ1) is 23.4. The van der Waals surface area contributed by atoms with E-state index in [4.69, 9.17) is 16.2 Å². The zero-order valence-corrected chi connectivity index (χ0v) is 14.7. The van der Waals surface area contributed by atoms with Crippen LogP contribution in [0.3, 0.4) is 0 Å². The number of nitrogens with one attached hydrogen (secondary N) is 1. The molecule has 5 N–H and O–H groups in total. The molecule has 0 aliphatic carbocycles. The molecule has 0 saturated heterocycles. The number of rotatable bonds is 6. The molecule has 0 saturated carbocycles. The number of halogens is 1. The lowest BCUT2D eigenvalue weighted by Gasteiger charge is -2.09. The molecule has 128 valence electrons. The zero-order chi connectivity index (χ0) is 16.1. The summed E-state index contributed by atoms with van der Waals surface area (Å²) < 4.78 is 0. The summed E-state index contributed by atoms with van der Waals surface area (Å²) in [6, 6.07) is 8.28. The van der Waals surface area contributed by atoms with Gasteiger partial charge in [0.2, 0.25) is 0 Å². The summed E-state index contributed by atoms with van der Waals surface area (Å²) in [6.07, 6.45) is 1.07. The van der Waals surface area contributed by atoms with E-state index in [9.17, 15) is 0 Å². The van der Waals surface area contributed by atoms with Crippen molar-refractivity contribution in [3.05, 3.63) is 29.8 Å². The molecule has 0 aliphatic rings. The predicted octanol–water partition coefficient (Wildman–Crippen LogP) is 2.28. The van der Waals surface area contributed by atoms with Crippen LogP contribution in [0.2, 0.25) is 0 Å². The SMILES string of the molecule is CCSC(N)=Nc1ccc(CCN(C)C)cc1.Cl.ONOO. The van der Waals surface area contributed by atoms with Gasteiger partial charge in [-0.05, 0) is 49.6 Å². The van der Waals surface area contributed by atoms with Crippen molar-refractivity contribution in [2.45, 2.75) is 13.3 Å². The second kappa shape index (κ2) is 15.0. The third-order valence-corrected chi connectivity index (χ3v) is 3.03. The first-order chi connectivity index (χ1) is 10.0. The summed E-state index contributed by atoms with van der Waals surface area (Å²) in [5, 5.41) is 14.8. The van der Waals surface area contributed by atoms with Gasteiger partial charge < -0.3 is 10.6 Å². The predicted molar refractivity (Wildman–Crippen MR) is 94.0 cm³/mol. The Kier molecular flexibility index (Phi) is 16.0. The maximum Gasteiger partial charge on any atom is 0.159 e. The number of likely N-dealkylation sites (N-methyl/N-ethyl adjacent to an activating group) is 1. The molecule has 7 nitrogen and oxygen atoms in total. The minimum Gasteiger partial charge on any atom is -0.378 e. The fourth-order valence-electron chi connectivity index (χ4n) is 1.40. The smallest absolute Gasteiger partial charge is 0.159 e. The highest BCUT2D eigenvalue weighted by Gasteiger charge is 1.97. The van der Waals surface area contributed by atoms with Gasteiger partial charge in [0.05, 0.1) is 5.69 Å². The van der Waals surface area contributed by atoms with Crippen LogP contribution in [0, 0.1) is 0 Å². The van der Waals surface area contributed by atoms with E-state index in [0.717, 1.165) is 30.0 Å². The fourth-order valence-corrected chi connectivity index (χ4v) is 1.86. The van der Waals surface area contributed by atoms with E-state index in [-0.39, 0.29) is 12.4 Å². The van der Waals surface area contributed by atoms with Crippen LogP contribution in [-0.2, 0) is 11.4 Å². The van der Waals surface area contributed by atoms with E-state index in [1.165, 1.54) is 5.56 Å². The van der Waals surface area contributed by atoms with Gasteiger partial charge in [0.1, 0.15) is 0 Å². The van der Waals surface area contributed by atoms with Gasteiger partial charge in [-0.3, -0.25) is 5.21 Å². The molecule has 22 heavy (non-hydrogen) atoms. The molecule has 9 heteroatoms. The summed E-state index contributed by atoms with van der Waals surface area (Å²) in [4.78, 5) is 9.36. The molecule has 0 fully saturated rings. The topological polar surface area (TPSA) is 103 Å². The molecule has 1 aromatic carbocycles. The monoisotopic (exact) mass is 352 g/mol. The second-order valence-corrected chi connectivity index (χ2v) is 5.57. The standard InChI is InChI=1S/C13H21N3S.ClH.H3NO3/c1-4-17-13(14)15-12-7-5-11(6-8-12)9-10-16(2)3;;2-1-4-3/h5-8H,4,9-10H2,1-3H3,(H2,14,15);1H;1-3H. The van der Waals surface area contributed by atoms with Crippen LogP contribution in [0.25, 0.3) is 0 Å². The van der Waals surface area contributed by atoms with Crippen molar-refractivity contribution in [1.29, 1.82) is 0 Å². The normalized spacial score (nSPS) is 10.7. The molecule has 0 bridgehead atoms. The van der Waals surface area contributed by atoms with Crippen LogP contribution in [0.4, 0.5) is 5.69 Å². The number of nitrogens with two attached hydrogens (primary N) is 1. The van der Waals surface area contributed by atoms with E-state index >= 15 is 0 Å². The Labute approximate surface area is 141 Å². The summed E-state index contributed by atoms with van der Waals surface area (Å²) in [5.74, 6) is 0.955. The Hall–Kier alpha value is -0.870. The van der Waals surface area contributed by atoms with Crippen molar-refractivity contribution < 1.29 is 15.5 Å². The van der Waals surface area contributed by atoms with Crippen molar-refractivity contribution in [2.24, 2.45) is 10.7 Å². The molecule has 0 atom stereocenters. The van der Waals surface area contributed by atoms with Crippen molar-refractivity contribution in [1.82, 2.24) is 10.5 Å². The molecule has 0 radical (unpaired) electrons. The molecule has 0 heterocycles. The third kappa shape index (κ3) is 12.8. The molecule has 0 spiro atoms. The first-order valence-corrected chi connectivity index (χ1v) is 7.42. The van der Waals surface area contributed by atoms with Gasteiger partial charge in [0.15, 0.2) is 5.17 Å². The third-order valence-electron chi connectivity index (χ3n) is 2.36. The van der Waals surface area contributed by atoms with Gasteiger partial charge in [-0.25, -0.2) is 10.2 Å². The number of nitrogens with zero attached hydrogens (tertiary/aromatic N) is 2. The Morgan fingerprint density at radius 3 is 2.32 bits per heavy atom. The number of aliphatic imine (C=N–C) groups is 1. The molecule has 0 unspecified atom stereocenters. The summed E-state index contributed by atoms with van der Waals surface area (Å²) >= 11 is 1.57. The highest BCUT2D eigenvalue weighted by atomic mass is 35.5. The van der Waals surface area contributed by atoms with Crippen LogP contribution >= 0.6 is 24.2 Å². The molecular formula is C13H25ClN4O3S. The van der Waals surface area contributed by atoms with E-state index in [0.29, 0.717) is 5.17 Å². The van der Waals surface area contributed by atoms with E-state index < -0.39 is 0 Å². The van der Waals surface area contributed by atoms with Gasteiger partial charge in [-0.1, -0.05) is 30.8 Å². The van der Waals surface area contributed by atoms with E-state index in [2.05, 4.69) is 48.0 Å². The van der Waals surface area contributed by atoms with Crippen molar-refractivity contribution >= 4 is 35.0 Å². The fraction of sp³-hybridized carbons (Fsp3) is 0.462. The highest BCUT2D eigenvalue weighted by molar-refractivity contribution is 8.13. The Morgan fingerprint density at radius 2 is 1.91 bits per heavy atom. The van der Waals surface area contributed by atoms with Crippen molar-refractivity contribution in [3.63, 3.8) is 0 Å². The largest absolute Gasteiger partial charge is 0.378 e. The van der Waals surface area contributed by atoms with Crippen LogP contribution in [0.15, 0.2) is 29.3 Å². The summed E-state index contributed by atoms with van der Waals surface area (Å²) in [6.45, 7) is 3.13. The average molecular weight is 353 g/mol. The van der Waals surface area contributed by atoms with Crippen LogP contribution in [0.1, 0.15) is 12.5 Å². The average Bonchev–Trinajstić information content (AvgIpc) is 2.47. The van der Waals surface area contributed by atoms with E-state index in [1.54, 1.807) is 11.8 Å². The quantitative estimate of drug-likeness (QED) is 0.269. The van der Waals surface area contributed by atoms with Gasteiger partial charge in [0, 0.05) is 6.54 Å². The molecular weight excluding hydrogens is 328 g/mol. The minimum absolute atomic E-state index is 0. The van der Waals surface area contributed by atoms with Crippen LogP contribution in [0.5, 0.6) is 0 Å². The Morgan fingerprint density at radius 1 is 1.36 bits per heavy atom. The van der Waals surface area contributed by atoms with Crippen LogP contribution < -0.4 is 11.4 Å². The molecule has 0 amide bonds. The number of benzene rings is 1. The zero-order valence-electron chi connectivity index (χ0n) is 13.0. The maximum atomic E-state index is 7.15. The van der Waals surface area contributed by atoms with Crippen molar-refractivity contribution in [3.8, 4) is 0 Å². The van der Waals surface area contributed by atoms with E-state index in [1.807, 2.05) is 12.1 Å². The van der Waals surface area contributed by atoms with Gasteiger partial charge in [-0.15, -0.1) is 17.4 Å². The first-order valence-electron chi connectivity index (χ1n) is 6.43. The lowest BCUT2D eigenvalue weighted by molar-refractivity contribution is -0.356.